The minimum absolute atomic E-state index is 0. The number of benzene rings is 2. The molecule has 0 radical (unpaired) electrons. The molecule has 16 nitrogen and oxygen atoms in total. The van der Waals surface area contributed by atoms with E-state index in [2.05, 4.69) is 129 Å². The first-order chi connectivity index (χ1) is 42.8. The van der Waals surface area contributed by atoms with E-state index >= 15 is 0 Å². The van der Waals surface area contributed by atoms with Crippen molar-refractivity contribution in [1.82, 2.24) is 45.5 Å². The number of carbonyl (C=O) groups excluding carboxylic acids is 1. The lowest BCUT2D eigenvalue weighted by molar-refractivity contribution is 0.0451. The van der Waals surface area contributed by atoms with Crippen LogP contribution >= 0.6 is 0 Å². The maximum absolute atomic E-state index is 12.3. The van der Waals surface area contributed by atoms with E-state index in [1.807, 2.05) is 120 Å². The fourth-order valence-corrected chi connectivity index (χ4v) is 9.68. The molecule has 0 aliphatic heterocycles. The van der Waals surface area contributed by atoms with Gasteiger partial charge in [0, 0.05) is 34.4 Å². The molecule has 494 valence electrons. The number of hydrogen-bond acceptors (Lipinski definition) is 15. The first kappa shape index (κ1) is 75.6. The van der Waals surface area contributed by atoms with Crippen LogP contribution in [0.15, 0.2) is 143 Å². The number of nitrogens with zero attached hydrogens (tertiary/aromatic N) is 8. The maximum atomic E-state index is 12.3. The third kappa shape index (κ3) is 23.1. The Balaban J connectivity index is 0.000000317. The Bertz CT molecular complexity index is 3270. The Morgan fingerprint density at radius 3 is 1.22 bits per heavy atom. The Kier molecular flexibility index (Phi) is 30.1. The van der Waals surface area contributed by atoms with E-state index in [1.165, 1.54) is 70.6 Å². The summed E-state index contributed by atoms with van der Waals surface area (Å²) >= 11 is 0. The van der Waals surface area contributed by atoms with Crippen molar-refractivity contribution in [3.63, 3.8) is 0 Å². The van der Waals surface area contributed by atoms with Gasteiger partial charge in [-0.1, -0.05) is 204 Å². The number of carbonyl (C=O) groups is 1. The SMILES string of the molecule is C.CC(C)C(C)(c1ccc(-c2noc(C(C)(C)N)n2)cc1)c1ccc(OCc2ccccn2)cn1.CC(C)C(C)(c1ccc(-c2noc(C(C)(C)NC(=O)OC(C)(C)C)n2)cc1)c1ccc(OCc2ccccn2)cn1.CCCCC.CCCCCCCCCC. The number of pyridine rings is 4. The summed E-state index contributed by atoms with van der Waals surface area (Å²) in [7, 11) is 0. The van der Waals surface area contributed by atoms with Gasteiger partial charge in [-0.05, 0) is 134 Å². The predicted octanol–water partition coefficient (Wildman–Crippen LogP) is 19.1. The minimum atomic E-state index is -0.914. The monoisotopic (exact) mass is 1240 g/mol. The molecule has 6 aromatic heterocycles. The predicted molar refractivity (Wildman–Crippen MR) is 367 cm³/mol. The van der Waals surface area contributed by atoms with Crippen LogP contribution in [0.5, 0.6) is 11.5 Å². The van der Waals surface area contributed by atoms with Crippen LogP contribution in [0, 0.1) is 11.8 Å². The van der Waals surface area contributed by atoms with Gasteiger partial charge in [-0.2, -0.15) is 9.97 Å². The molecule has 0 fully saturated rings. The average molecular weight is 1250 g/mol. The van der Waals surface area contributed by atoms with E-state index < -0.39 is 22.8 Å². The van der Waals surface area contributed by atoms with Gasteiger partial charge in [0.05, 0.1) is 40.7 Å². The van der Waals surface area contributed by atoms with E-state index in [1.54, 1.807) is 38.6 Å². The Hall–Kier alpha value is -7.85. The molecule has 6 heterocycles. The van der Waals surface area contributed by atoms with Crippen molar-refractivity contribution in [2.45, 2.75) is 236 Å². The van der Waals surface area contributed by atoms with E-state index in [9.17, 15) is 4.79 Å². The smallest absolute Gasteiger partial charge is 0.408 e. The van der Waals surface area contributed by atoms with Crippen LogP contribution in [0.2, 0.25) is 0 Å². The second kappa shape index (κ2) is 36.3. The zero-order valence-electron chi connectivity index (χ0n) is 57.2. The number of hydrogen-bond donors (Lipinski definition) is 2. The quantitative estimate of drug-likeness (QED) is 0.0483. The van der Waals surface area contributed by atoms with Gasteiger partial charge in [0.2, 0.25) is 17.5 Å². The zero-order chi connectivity index (χ0) is 66.0. The summed E-state index contributed by atoms with van der Waals surface area (Å²) in [4.78, 5) is 39.5. The zero-order valence-corrected chi connectivity index (χ0v) is 57.2. The minimum Gasteiger partial charge on any atom is -0.486 e. The van der Waals surface area contributed by atoms with Crippen LogP contribution in [0.3, 0.4) is 0 Å². The van der Waals surface area contributed by atoms with Gasteiger partial charge in [0.25, 0.3) is 5.89 Å². The lowest BCUT2D eigenvalue weighted by Gasteiger charge is -2.34. The molecular weight excluding hydrogens is 1140 g/mol. The van der Waals surface area contributed by atoms with Gasteiger partial charge >= 0.3 is 6.09 Å². The number of amides is 1. The van der Waals surface area contributed by atoms with E-state index in [0.29, 0.717) is 48.2 Å². The normalized spacial score (nSPS) is 12.7. The first-order valence-electron chi connectivity index (χ1n) is 32.5. The Morgan fingerprint density at radius 2 is 0.901 bits per heavy atom. The summed E-state index contributed by atoms with van der Waals surface area (Å²) in [5.41, 5.74) is 10.8. The molecule has 91 heavy (non-hydrogen) atoms. The number of rotatable bonds is 26. The molecule has 0 aliphatic rings. The van der Waals surface area contributed by atoms with Crippen molar-refractivity contribution in [3.8, 4) is 34.3 Å². The summed E-state index contributed by atoms with van der Waals surface area (Å²) in [6.07, 6.45) is 22.0. The molecule has 0 bridgehead atoms. The molecule has 2 aromatic carbocycles. The molecule has 1 amide bonds. The number of alkyl carbamates (subject to hydrolysis) is 1. The van der Waals surface area contributed by atoms with Crippen molar-refractivity contribution in [2.24, 2.45) is 17.6 Å². The van der Waals surface area contributed by atoms with Crippen LogP contribution in [0.25, 0.3) is 22.8 Å². The largest absolute Gasteiger partial charge is 0.486 e. The standard InChI is InChI=1S/C32H39N5O4.C27H31N5O2.C10H22.C5H12.CH4/c1-21(2)32(8,26-17-16-25(19-34-26)39-20-24-11-9-10-18-33-24)23-14-12-22(13-15-23)27-35-28(41-37-27)31(6,7)36-29(38)40-30(3,4)5;1-18(2)27(5,23-14-13-22(16-30-23)33-17-21-8-6-7-15-29-21)20-11-9-19(10-12-20)24-31-25(34-32-24)26(3,4)28;1-3-5-7-9-10-8-6-4-2;1-3-5-4-2;/h9-19,21H,20H2,1-8H3,(H,36,38);6-16,18H,17,28H2,1-5H3;3-10H2,1-2H3;3-5H2,1-2H3;1H4. The molecule has 8 aromatic rings. The molecule has 0 saturated heterocycles. The molecule has 3 N–H and O–H groups in total. The molecule has 16 heteroatoms. The van der Waals surface area contributed by atoms with E-state index in [-0.39, 0.29) is 30.1 Å². The third-order valence-corrected chi connectivity index (χ3v) is 16.0. The fraction of sp³-hybridized carbons (Fsp3) is 0.507. The number of nitrogens with one attached hydrogen (secondary N) is 1. The molecule has 2 atom stereocenters. The topological polar surface area (TPSA) is 212 Å². The van der Waals surface area contributed by atoms with Crippen LogP contribution in [0.4, 0.5) is 4.79 Å². The summed E-state index contributed by atoms with van der Waals surface area (Å²) in [6, 6.07) is 35.8. The summed E-state index contributed by atoms with van der Waals surface area (Å²) in [5.74, 6) is 3.63. The van der Waals surface area contributed by atoms with Gasteiger partial charge < -0.3 is 34.3 Å². The first-order valence-corrected chi connectivity index (χ1v) is 32.5. The Morgan fingerprint density at radius 1 is 0.505 bits per heavy atom. The summed E-state index contributed by atoms with van der Waals surface area (Å²) in [5, 5.41) is 11.0. The molecule has 0 spiro atoms. The highest BCUT2D eigenvalue weighted by atomic mass is 16.6. The van der Waals surface area contributed by atoms with Crippen molar-refractivity contribution in [2.75, 3.05) is 0 Å². The average Bonchev–Trinajstić information content (AvgIpc) is 2.18. The van der Waals surface area contributed by atoms with Crippen molar-refractivity contribution < 1.29 is 28.1 Å². The van der Waals surface area contributed by atoms with Crippen LogP contribution in [0.1, 0.15) is 241 Å². The lowest BCUT2D eigenvalue weighted by Crippen LogP contribution is -2.44. The highest BCUT2D eigenvalue weighted by molar-refractivity contribution is 5.69. The van der Waals surface area contributed by atoms with Gasteiger partial charge in [-0.3, -0.25) is 19.9 Å². The number of ether oxygens (including phenoxy) is 3. The highest BCUT2D eigenvalue weighted by Gasteiger charge is 2.37. The van der Waals surface area contributed by atoms with Crippen molar-refractivity contribution >= 4 is 6.09 Å². The fourth-order valence-electron chi connectivity index (χ4n) is 9.68. The molecule has 0 aliphatic carbocycles. The molecular formula is C75H108N10O6. The number of nitrogens with two attached hydrogens (primary N) is 1. The van der Waals surface area contributed by atoms with Gasteiger partial charge in [-0.15, -0.1) is 0 Å². The molecule has 8 rings (SSSR count). The second-order valence-corrected chi connectivity index (χ2v) is 26.1. The van der Waals surface area contributed by atoms with Crippen LogP contribution in [-0.4, -0.2) is 51.9 Å². The number of aromatic nitrogens is 8. The van der Waals surface area contributed by atoms with Gasteiger partial charge in [-0.25, -0.2) is 4.79 Å². The van der Waals surface area contributed by atoms with Crippen LogP contribution < -0.4 is 20.5 Å². The molecule has 2 unspecified atom stereocenters. The Labute approximate surface area is 545 Å². The second-order valence-electron chi connectivity index (χ2n) is 26.1. The van der Waals surface area contributed by atoms with Gasteiger partial charge in [0.1, 0.15) is 35.9 Å². The molecule has 0 saturated carbocycles. The lowest BCUT2D eigenvalue weighted by atomic mass is 9.70. The van der Waals surface area contributed by atoms with E-state index in [4.69, 9.17) is 39.0 Å². The maximum Gasteiger partial charge on any atom is 0.408 e. The summed E-state index contributed by atoms with van der Waals surface area (Å²) < 4.78 is 28.0. The third-order valence-electron chi connectivity index (χ3n) is 16.0. The summed E-state index contributed by atoms with van der Waals surface area (Å²) in [6.45, 7) is 35.6. The highest BCUT2D eigenvalue weighted by Crippen LogP contribution is 2.41. The van der Waals surface area contributed by atoms with Crippen LogP contribution in [-0.2, 0) is 39.9 Å². The van der Waals surface area contributed by atoms with Gasteiger partial charge in [0.15, 0.2) is 0 Å². The van der Waals surface area contributed by atoms with Crippen molar-refractivity contribution in [3.05, 3.63) is 180 Å². The number of unbranched alkanes of at least 4 members (excludes halogenated alkanes) is 9. The van der Waals surface area contributed by atoms with E-state index in [0.717, 1.165) is 45.0 Å². The van der Waals surface area contributed by atoms with Crippen molar-refractivity contribution in [1.29, 1.82) is 0 Å².